The van der Waals surface area contributed by atoms with Crippen molar-refractivity contribution in [2.75, 3.05) is 6.54 Å². The van der Waals surface area contributed by atoms with Crippen LogP contribution < -0.4 is 10.3 Å². The molecule has 0 aliphatic carbocycles. The van der Waals surface area contributed by atoms with Crippen LogP contribution in [0, 0.1) is 6.92 Å². The SMILES string of the molecule is Cc1nc(-c2nc3sc([C@H]4CCCN4C(=O)Oc4ccccc4)nc3c(=O)n2C)no1. The van der Waals surface area contributed by atoms with Crippen molar-refractivity contribution in [2.45, 2.75) is 25.8 Å². The van der Waals surface area contributed by atoms with Crippen LogP contribution >= 0.6 is 11.3 Å². The number of amides is 1. The van der Waals surface area contributed by atoms with E-state index in [-0.39, 0.29) is 22.9 Å². The van der Waals surface area contributed by atoms with Gasteiger partial charge in [-0.2, -0.15) is 4.98 Å². The topological polar surface area (TPSA) is 116 Å². The maximum atomic E-state index is 12.9. The number of aromatic nitrogens is 5. The third-order valence-electron chi connectivity index (χ3n) is 5.11. The van der Waals surface area contributed by atoms with Gasteiger partial charge < -0.3 is 9.26 Å². The monoisotopic (exact) mass is 438 g/mol. The first-order valence-corrected chi connectivity index (χ1v) is 10.5. The van der Waals surface area contributed by atoms with E-state index in [4.69, 9.17) is 9.26 Å². The van der Waals surface area contributed by atoms with Gasteiger partial charge >= 0.3 is 6.09 Å². The molecule has 1 aromatic carbocycles. The van der Waals surface area contributed by atoms with Gasteiger partial charge in [-0.1, -0.05) is 34.7 Å². The second-order valence-electron chi connectivity index (χ2n) is 7.17. The smallest absolute Gasteiger partial charge is 0.410 e. The highest BCUT2D eigenvalue weighted by Gasteiger charge is 2.34. The highest BCUT2D eigenvalue weighted by atomic mass is 32.1. The van der Waals surface area contributed by atoms with E-state index in [0.29, 0.717) is 33.8 Å². The molecule has 158 valence electrons. The van der Waals surface area contributed by atoms with Crippen molar-refractivity contribution in [1.82, 2.24) is 29.6 Å². The first-order chi connectivity index (χ1) is 15.0. The Morgan fingerprint density at radius 2 is 2.03 bits per heavy atom. The zero-order valence-corrected chi connectivity index (χ0v) is 17.6. The van der Waals surface area contributed by atoms with Crippen LogP contribution in [0.25, 0.3) is 22.0 Å². The van der Waals surface area contributed by atoms with E-state index >= 15 is 0 Å². The van der Waals surface area contributed by atoms with Crippen molar-refractivity contribution in [3.8, 4) is 17.4 Å². The van der Waals surface area contributed by atoms with Gasteiger partial charge in [-0.15, -0.1) is 0 Å². The minimum atomic E-state index is -0.434. The number of ether oxygens (including phenoxy) is 1. The van der Waals surface area contributed by atoms with Gasteiger partial charge in [-0.05, 0) is 25.0 Å². The molecule has 1 aliphatic heterocycles. The highest BCUT2D eigenvalue weighted by molar-refractivity contribution is 7.18. The summed E-state index contributed by atoms with van der Waals surface area (Å²) in [6.07, 6.45) is 1.13. The Morgan fingerprint density at radius 1 is 1.23 bits per heavy atom. The lowest BCUT2D eigenvalue weighted by Gasteiger charge is -2.22. The predicted octanol–water partition coefficient (Wildman–Crippen LogP) is 3.08. The highest BCUT2D eigenvalue weighted by Crippen LogP contribution is 2.36. The van der Waals surface area contributed by atoms with Crippen LogP contribution in [0.15, 0.2) is 39.6 Å². The lowest BCUT2D eigenvalue weighted by Crippen LogP contribution is -2.33. The Kier molecular flexibility index (Phi) is 4.74. The van der Waals surface area contributed by atoms with Crippen molar-refractivity contribution in [3.05, 3.63) is 51.6 Å². The molecular weight excluding hydrogens is 420 g/mol. The Bertz CT molecular complexity index is 1330. The number of hydrogen-bond acceptors (Lipinski definition) is 9. The number of thiazole rings is 1. The standard InChI is InChI=1S/C20H18N6O4S/c1-11-21-15(24-30-11)16-23-18-14(19(27)25(16)2)22-17(31-18)13-9-6-10-26(13)20(28)29-12-7-4-3-5-8-12/h3-5,7-8,13H,6,9-10H2,1-2H3/t13-/m1/s1. The Labute approximate surface area is 180 Å². The van der Waals surface area contributed by atoms with Gasteiger partial charge in [0.1, 0.15) is 10.8 Å². The van der Waals surface area contributed by atoms with Crippen LogP contribution in [-0.2, 0) is 7.05 Å². The number of aryl methyl sites for hydroxylation is 1. The summed E-state index contributed by atoms with van der Waals surface area (Å²) < 4.78 is 11.9. The maximum absolute atomic E-state index is 12.9. The van der Waals surface area contributed by atoms with Crippen LogP contribution in [0.3, 0.4) is 0 Å². The predicted molar refractivity (Wildman–Crippen MR) is 112 cm³/mol. The molecule has 10 nitrogen and oxygen atoms in total. The number of fused-ring (bicyclic) bond motifs is 1. The Morgan fingerprint density at radius 3 is 2.77 bits per heavy atom. The fourth-order valence-electron chi connectivity index (χ4n) is 3.59. The molecule has 1 atom stereocenters. The van der Waals surface area contributed by atoms with Crippen molar-refractivity contribution in [1.29, 1.82) is 0 Å². The minimum absolute atomic E-state index is 0.239. The summed E-state index contributed by atoms with van der Waals surface area (Å²) in [6, 6.07) is 8.67. The van der Waals surface area contributed by atoms with Gasteiger partial charge in [0.2, 0.25) is 11.7 Å². The molecule has 1 aliphatic rings. The second kappa shape index (κ2) is 7.58. The fourth-order valence-corrected chi connectivity index (χ4v) is 4.67. The van der Waals surface area contributed by atoms with Gasteiger partial charge in [0.05, 0.1) is 6.04 Å². The normalized spacial score (nSPS) is 16.2. The third-order valence-corrected chi connectivity index (χ3v) is 6.16. The van der Waals surface area contributed by atoms with E-state index in [1.807, 2.05) is 18.2 Å². The van der Waals surface area contributed by atoms with E-state index in [2.05, 4.69) is 20.1 Å². The average molecular weight is 438 g/mol. The largest absolute Gasteiger partial charge is 0.415 e. The first-order valence-electron chi connectivity index (χ1n) is 9.73. The Balaban J connectivity index is 1.49. The zero-order chi connectivity index (χ0) is 21.5. The number of rotatable bonds is 3. The van der Waals surface area contributed by atoms with Gasteiger partial charge in [0.25, 0.3) is 5.56 Å². The number of benzene rings is 1. The average Bonchev–Trinajstić information content (AvgIpc) is 3.50. The molecule has 3 aromatic heterocycles. The molecule has 0 unspecified atom stereocenters. The molecule has 11 heteroatoms. The van der Waals surface area contributed by atoms with E-state index in [1.165, 1.54) is 15.9 Å². The van der Waals surface area contributed by atoms with Crippen molar-refractivity contribution < 1.29 is 14.1 Å². The van der Waals surface area contributed by atoms with Crippen molar-refractivity contribution in [2.24, 2.45) is 7.05 Å². The van der Waals surface area contributed by atoms with E-state index < -0.39 is 6.09 Å². The van der Waals surface area contributed by atoms with Gasteiger partial charge in [-0.3, -0.25) is 14.3 Å². The summed E-state index contributed by atoms with van der Waals surface area (Å²) in [7, 11) is 1.59. The molecule has 0 bridgehead atoms. The summed E-state index contributed by atoms with van der Waals surface area (Å²) in [4.78, 5) is 41.0. The van der Waals surface area contributed by atoms with E-state index in [9.17, 15) is 9.59 Å². The summed E-state index contributed by atoms with van der Waals surface area (Å²) in [5.74, 6) is 1.41. The lowest BCUT2D eigenvalue weighted by molar-refractivity contribution is 0.147. The van der Waals surface area contributed by atoms with Crippen LogP contribution in [0.2, 0.25) is 0 Å². The summed E-state index contributed by atoms with van der Waals surface area (Å²) in [6.45, 7) is 2.23. The van der Waals surface area contributed by atoms with Crippen LogP contribution in [-0.4, -0.2) is 42.2 Å². The van der Waals surface area contributed by atoms with Gasteiger partial charge in [-0.25, -0.2) is 14.8 Å². The zero-order valence-electron chi connectivity index (χ0n) is 16.8. The number of likely N-dealkylation sites (tertiary alicyclic amines) is 1. The van der Waals surface area contributed by atoms with Gasteiger partial charge in [0.15, 0.2) is 16.2 Å². The summed E-state index contributed by atoms with van der Waals surface area (Å²) in [5.41, 5.74) is -0.0453. The molecule has 31 heavy (non-hydrogen) atoms. The van der Waals surface area contributed by atoms with Crippen molar-refractivity contribution >= 4 is 27.8 Å². The van der Waals surface area contributed by atoms with Crippen molar-refractivity contribution in [3.63, 3.8) is 0 Å². The molecule has 0 spiro atoms. The van der Waals surface area contributed by atoms with E-state index in [0.717, 1.165) is 12.8 Å². The first kappa shape index (κ1) is 19.4. The molecule has 4 aromatic rings. The fraction of sp³-hybridized carbons (Fsp3) is 0.300. The molecule has 5 rings (SSSR count). The minimum Gasteiger partial charge on any atom is -0.410 e. The number of nitrogens with zero attached hydrogens (tertiary/aromatic N) is 6. The molecule has 0 N–H and O–H groups in total. The number of carbonyl (C=O) groups is 1. The maximum Gasteiger partial charge on any atom is 0.415 e. The van der Waals surface area contributed by atoms with E-state index in [1.54, 1.807) is 31.0 Å². The Hall–Kier alpha value is -3.60. The molecule has 0 saturated carbocycles. The molecule has 4 heterocycles. The number of para-hydroxylation sites is 1. The molecule has 0 radical (unpaired) electrons. The second-order valence-corrected chi connectivity index (χ2v) is 8.18. The molecule has 1 amide bonds. The summed E-state index contributed by atoms with van der Waals surface area (Å²) >= 11 is 1.29. The van der Waals surface area contributed by atoms with Gasteiger partial charge in [0, 0.05) is 20.5 Å². The number of carbonyl (C=O) groups excluding carboxylic acids is 1. The summed E-state index contributed by atoms with van der Waals surface area (Å²) in [5, 5.41) is 4.52. The molecule has 1 fully saturated rings. The van der Waals surface area contributed by atoms with Crippen LogP contribution in [0.4, 0.5) is 4.79 Å². The third kappa shape index (κ3) is 3.46. The molecule has 1 saturated heterocycles. The lowest BCUT2D eigenvalue weighted by atomic mass is 10.2. The number of hydrogen-bond donors (Lipinski definition) is 0. The molecular formula is C20H18N6O4S. The van der Waals surface area contributed by atoms with Crippen LogP contribution in [0.5, 0.6) is 5.75 Å². The quantitative estimate of drug-likeness (QED) is 0.479. The van der Waals surface area contributed by atoms with Crippen LogP contribution in [0.1, 0.15) is 29.8 Å².